The fourth-order valence-corrected chi connectivity index (χ4v) is 2.18. The quantitative estimate of drug-likeness (QED) is 0.824. The first kappa shape index (κ1) is 18.3. The minimum Gasteiger partial charge on any atom is -0.493 e. The lowest BCUT2D eigenvalue weighted by molar-refractivity contribution is -0.0493. The summed E-state index contributed by atoms with van der Waals surface area (Å²) in [5.74, 6) is 0.235. The van der Waals surface area contributed by atoms with Crippen molar-refractivity contribution in [2.24, 2.45) is 0 Å². The van der Waals surface area contributed by atoms with Crippen LogP contribution in [0.25, 0.3) is 0 Å². The van der Waals surface area contributed by atoms with Crippen LogP contribution >= 0.6 is 0 Å². The fourth-order valence-electron chi connectivity index (χ4n) is 2.18. The highest BCUT2D eigenvalue weighted by atomic mass is 19.3. The smallest absolute Gasteiger partial charge is 0.387 e. The normalized spacial score (nSPS) is 10.3. The molecule has 6 nitrogen and oxygen atoms in total. The van der Waals surface area contributed by atoms with Gasteiger partial charge >= 0.3 is 6.61 Å². The van der Waals surface area contributed by atoms with Crippen LogP contribution < -0.4 is 24.3 Å². The molecule has 0 fully saturated rings. The van der Waals surface area contributed by atoms with Gasteiger partial charge in [-0.05, 0) is 24.3 Å². The second-order valence-electron chi connectivity index (χ2n) is 4.74. The Labute approximate surface area is 143 Å². The molecule has 1 amide bonds. The van der Waals surface area contributed by atoms with Gasteiger partial charge in [0.05, 0.1) is 27.0 Å². The van der Waals surface area contributed by atoms with Crippen molar-refractivity contribution in [1.82, 2.24) is 0 Å². The van der Waals surface area contributed by atoms with Gasteiger partial charge in [-0.2, -0.15) is 8.78 Å². The second-order valence-corrected chi connectivity index (χ2v) is 4.74. The van der Waals surface area contributed by atoms with Crippen molar-refractivity contribution < 1.29 is 32.5 Å². The molecule has 0 radical (unpaired) electrons. The standard InChI is InChI=1S/C17H17F2NO5/c1-22-13-8-10(9-14(23-2)15(13)24-3)16(21)20-11-6-4-5-7-12(11)25-17(18)19/h4-9,17H,1-3H3,(H,20,21). The molecule has 0 unspecified atom stereocenters. The summed E-state index contributed by atoms with van der Waals surface area (Å²) >= 11 is 0. The van der Waals surface area contributed by atoms with Crippen molar-refractivity contribution >= 4 is 11.6 Å². The molecule has 0 heterocycles. The van der Waals surface area contributed by atoms with Crippen LogP contribution in [0.5, 0.6) is 23.0 Å². The Balaban J connectivity index is 2.33. The molecule has 134 valence electrons. The van der Waals surface area contributed by atoms with E-state index in [1.165, 1.54) is 51.7 Å². The number of carbonyl (C=O) groups is 1. The fraction of sp³-hybridized carbons (Fsp3) is 0.235. The number of methoxy groups -OCH3 is 3. The molecule has 0 atom stereocenters. The Morgan fingerprint density at radius 3 is 2.08 bits per heavy atom. The molecule has 8 heteroatoms. The minimum atomic E-state index is -3.00. The molecular formula is C17H17F2NO5. The van der Waals surface area contributed by atoms with Crippen LogP contribution in [0.15, 0.2) is 36.4 Å². The zero-order chi connectivity index (χ0) is 18.4. The maximum atomic E-state index is 12.5. The summed E-state index contributed by atoms with van der Waals surface area (Å²) in [6, 6.07) is 8.79. The van der Waals surface area contributed by atoms with Crippen LogP contribution in [-0.4, -0.2) is 33.8 Å². The first-order valence-electron chi connectivity index (χ1n) is 7.15. The van der Waals surface area contributed by atoms with Gasteiger partial charge in [-0.15, -0.1) is 0 Å². The van der Waals surface area contributed by atoms with Crippen molar-refractivity contribution in [3.63, 3.8) is 0 Å². The SMILES string of the molecule is COc1cc(C(=O)Nc2ccccc2OC(F)F)cc(OC)c1OC. The number of hydrogen-bond acceptors (Lipinski definition) is 5. The van der Waals surface area contributed by atoms with E-state index in [1.54, 1.807) is 6.07 Å². The van der Waals surface area contributed by atoms with E-state index in [1.807, 2.05) is 0 Å². The summed E-state index contributed by atoms with van der Waals surface area (Å²) in [6.45, 7) is -3.00. The number of hydrogen-bond donors (Lipinski definition) is 1. The van der Waals surface area contributed by atoms with Gasteiger partial charge in [-0.1, -0.05) is 12.1 Å². The molecule has 2 aromatic rings. The molecule has 0 spiro atoms. The van der Waals surface area contributed by atoms with Crippen molar-refractivity contribution in [3.05, 3.63) is 42.0 Å². The van der Waals surface area contributed by atoms with Crippen molar-refractivity contribution in [3.8, 4) is 23.0 Å². The maximum Gasteiger partial charge on any atom is 0.387 e. The molecule has 0 aromatic heterocycles. The van der Waals surface area contributed by atoms with Crippen LogP contribution in [0.1, 0.15) is 10.4 Å². The molecule has 25 heavy (non-hydrogen) atoms. The maximum absolute atomic E-state index is 12.5. The van der Waals surface area contributed by atoms with Crippen LogP contribution in [0.3, 0.4) is 0 Å². The number of rotatable bonds is 7. The van der Waals surface area contributed by atoms with E-state index in [2.05, 4.69) is 10.1 Å². The predicted octanol–water partition coefficient (Wildman–Crippen LogP) is 3.57. The van der Waals surface area contributed by atoms with Crippen molar-refractivity contribution in [1.29, 1.82) is 0 Å². The molecule has 2 aromatic carbocycles. The van der Waals surface area contributed by atoms with E-state index < -0.39 is 12.5 Å². The molecule has 0 aliphatic carbocycles. The number of carbonyl (C=O) groups excluding carboxylic acids is 1. The molecule has 0 bridgehead atoms. The lowest BCUT2D eigenvalue weighted by Gasteiger charge is -2.15. The number of anilines is 1. The first-order chi connectivity index (χ1) is 12.0. The molecule has 0 aliphatic rings. The second kappa shape index (κ2) is 8.18. The Morgan fingerprint density at radius 2 is 1.56 bits per heavy atom. The molecule has 1 N–H and O–H groups in total. The third-order valence-corrected chi connectivity index (χ3v) is 3.28. The zero-order valence-corrected chi connectivity index (χ0v) is 13.8. The van der Waals surface area contributed by atoms with Gasteiger partial charge in [0.2, 0.25) is 5.75 Å². The summed E-state index contributed by atoms with van der Waals surface area (Å²) in [5, 5.41) is 2.52. The van der Waals surface area contributed by atoms with Gasteiger partial charge in [0.15, 0.2) is 11.5 Å². The average Bonchev–Trinajstić information content (AvgIpc) is 2.61. The van der Waals surface area contributed by atoms with Gasteiger partial charge in [0.25, 0.3) is 5.91 Å². The number of ether oxygens (including phenoxy) is 4. The summed E-state index contributed by atoms with van der Waals surface area (Å²) in [4.78, 5) is 12.5. The van der Waals surface area contributed by atoms with E-state index in [9.17, 15) is 13.6 Å². The first-order valence-corrected chi connectivity index (χ1v) is 7.15. The lowest BCUT2D eigenvalue weighted by atomic mass is 10.1. The van der Waals surface area contributed by atoms with Crippen LogP contribution in [0, 0.1) is 0 Å². The third kappa shape index (κ3) is 4.28. The molecular weight excluding hydrogens is 336 g/mol. The Kier molecular flexibility index (Phi) is 5.99. The average molecular weight is 353 g/mol. The largest absolute Gasteiger partial charge is 0.493 e. The number of halogens is 2. The highest BCUT2D eigenvalue weighted by molar-refractivity contribution is 6.05. The number of benzene rings is 2. The highest BCUT2D eigenvalue weighted by Crippen LogP contribution is 2.38. The predicted molar refractivity (Wildman–Crippen MR) is 87.1 cm³/mol. The summed E-state index contributed by atoms with van der Waals surface area (Å²) in [5.41, 5.74) is 0.308. The number of alkyl halides is 2. The van der Waals surface area contributed by atoms with E-state index >= 15 is 0 Å². The molecule has 0 saturated carbocycles. The summed E-state index contributed by atoms with van der Waals surface area (Å²) < 4.78 is 44.9. The van der Waals surface area contributed by atoms with Gasteiger partial charge < -0.3 is 24.3 Å². The minimum absolute atomic E-state index is 0.113. The van der Waals surface area contributed by atoms with Gasteiger partial charge in [-0.25, -0.2) is 0 Å². The Bertz CT molecular complexity index is 727. The number of amides is 1. The van der Waals surface area contributed by atoms with Crippen LogP contribution in [0.2, 0.25) is 0 Å². The van der Waals surface area contributed by atoms with Crippen LogP contribution in [0.4, 0.5) is 14.5 Å². The van der Waals surface area contributed by atoms with Crippen molar-refractivity contribution in [2.75, 3.05) is 26.6 Å². The molecule has 0 aliphatic heterocycles. The monoisotopic (exact) mass is 353 g/mol. The third-order valence-electron chi connectivity index (χ3n) is 3.28. The zero-order valence-electron chi connectivity index (χ0n) is 13.8. The van der Waals surface area contributed by atoms with Crippen molar-refractivity contribution in [2.45, 2.75) is 6.61 Å². The molecule has 2 rings (SSSR count). The Hall–Kier alpha value is -3.03. The van der Waals surface area contributed by atoms with Crippen LogP contribution in [-0.2, 0) is 0 Å². The van der Waals surface area contributed by atoms with Gasteiger partial charge in [0.1, 0.15) is 5.75 Å². The summed E-state index contributed by atoms with van der Waals surface area (Å²) in [7, 11) is 4.29. The highest BCUT2D eigenvalue weighted by Gasteiger charge is 2.18. The lowest BCUT2D eigenvalue weighted by Crippen LogP contribution is -2.14. The topological polar surface area (TPSA) is 66.0 Å². The van der Waals surface area contributed by atoms with E-state index in [0.29, 0.717) is 17.2 Å². The number of nitrogens with one attached hydrogen (secondary N) is 1. The Morgan fingerprint density at radius 1 is 0.960 bits per heavy atom. The van der Waals surface area contributed by atoms with Gasteiger partial charge in [-0.3, -0.25) is 4.79 Å². The van der Waals surface area contributed by atoms with E-state index in [-0.39, 0.29) is 17.0 Å². The van der Waals surface area contributed by atoms with E-state index in [0.717, 1.165) is 0 Å². The molecule has 0 saturated heterocycles. The van der Waals surface area contributed by atoms with Gasteiger partial charge in [0, 0.05) is 5.56 Å². The van der Waals surface area contributed by atoms with E-state index in [4.69, 9.17) is 14.2 Å². The summed E-state index contributed by atoms with van der Waals surface area (Å²) in [6.07, 6.45) is 0. The number of para-hydroxylation sites is 2.